The normalized spacial score (nSPS) is 29.7. The Balaban J connectivity index is 2.07. The van der Waals surface area contributed by atoms with Crippen molar-refractivity contribution in [1.82, 2.24) is 19.5 Å². The number of imidazole rings is 1. The van der Waals surface area contributed by atoms with E-state index in [1.165, 1.54) is 6.33 Å². The van der Waals surface area contributed by atoms with Crippen molar-refractivity contribution in [3.63, 3.8) is 0 Å². The van der Waals surface area contributed by atoms with Gasteiger partial charge in [-0.25, -0.2) is 4.98 Å². The second kappa shape index (κ2) is 4.31. The molecule has 3 rings (SSSR count). The van der Waals surface area contributed by atoms with Crippen molar-refractivity contribution in [3.05, 3.63) is 18.5 Å². The Hall–Kier alpha value is -1.88. The zero-order valence-corrected chi connectivity index (χ0v) is 11.1. The first kappa shape index (κ1) is 13.1. The lowest BCUT2D eigenvalue weighted by molar-refractivity contribution is -0.0350. The van der Waals surface area contributed by atoms with E-state index in [1.807, 2.05) is 0 Å². The van der Waals surface area contributed by atoms with Crippen molar-refractivity contribution in [2.24, 2.45) is 0 Å². The molecule has 2 aromatic rings. The summed E-state index contributed by atoms with van der Waals surface area (Å²) in [6.45, 7) is 3.72. The number of aliphatic hydroxyl groups excluding tert-OH is 1. The highest BCUT2D eigenvalue weighted by atomic mass is 35.5. The average Bonchev–Trinajstić information content (AvgIpc) is 2.92. The molecule has 0 aromatic carbocycles. The first-order valence-corrected chi connectivity index (χ1v) is 6.17. The molecule has 1 fully saturated rings. The van der Waals surface area contributed by atoms with Crippen LogP contribution in [-0.4, -0.2) is 36.3 Å². The third-order valence-corrected chi connectivity index (χ3v) is 3.45. The van der Waals surface area contributed by atoms with Crippen LogP contribution in [0.1, 0.15) is 12.6 Å². The van der Waals surface area contributed by atoms with Crippen LogP contribution in [-0.2, 0) is 4.74 Å². The Labute approximate surface area is 119 Å². The summed E-state index contributed by atoms with van der Waals surface area (Å²) in [7, 11) is 0. The highest BCUT2D eigenvalue weighted by molar-refractivity contribution is 6.28. The van der Waals surface area contributed by atoms with Crippen molar-refractivity contribution in [3.8, 4) is 12.3 Å². The third kappa shape index (κ3) is 1.81. The fourth-order valence-electron chi connectivity index (χ4n) is 2.17. The fourth-order valence-corrected chi connectivity index (χ4v) is 2.34. The monoisotopic (exact) mass is 292 g/mol. The van der Waals surface area contributed by atoms with Crippen LogP contribution in [0.25, 0.3) is 11.2 Å². The molecule has 3 N–H and O–H groups in total. The van der Waals surface area contributed by atoms with Crippen molar-refractivity contribution in [1.29, 1.82) is 0 Å². The third-order valence-electron chi connectivity index (χ3n) is 3.29. The molecule has 1 aliphatic rings. The number of aliphatic hydroxyl groups is 1. The number of nitrogen functional groups attached to an aromatic ring is 1. The molecular weight excluding hydrogens is 282 g/mol. The van der Waals surface area contributed by atoms with E-state index in [4.69, 9.17) is 28.5 Å². The minimum Gasteiger partial charge on any atom is -0.389 e. The average molecular weight is 293 g/mol. The fraction of sp³-hybridized carbons (Fsp3) is 0.333. The first-order valence-electron chi connectivity index (χ1n) is 5.79. The molecule has 3 heterocycles. The highest BCUT2D eigenvalue weighted by Gasteiger charge is 2.44. The van der Waals surface area contributed by atoms with Crippen LogP contribution < -0.4 is 5.73 Å². The predicted molar refractivity (Wildman–Crippen MR) is 72.4 cm³/mol. The number of fused-ring (bicyclic) bond motifs is 1. The maximum absolute atomic E-state index is 9.95. The molecule has 8 heteroatoms. The van der Waals surface area contributed by atoms with Gasteiger partial charge in [0, 0.05) is 6.42 Å². The van der Waals surface area contributed by atoms with Crippen LogP contribution in [0.3, 0.4) is 0 Å². The van der Waals surface area contributed by atoms with Crippen LogP contribution in [0.15, 0.2) is 6.33 Å². The van der Waals surface area contributed by atoms with E-state index in [2.05, 4.69) is 27.8 Å². The molecule has 0 saturated carbocycles. The summed E-state index contributed by atoms with van der Waals surface area (Å²) in [5.41, 5.74) is 5.27. The Morgan fingerprint density at radius 2 is 2.40 bits per heavy atom. The van der Waals surface area contributed by atoms with Gasteiger partial charge >= 0.3 is 0 Å². The summed E-state index contributed by atoms with van der Waals surface area (Å²) < 4.78 is 7.23. The summed E-state index contributed by atoms with van der Waals surface area (Å²) in [6.07, 6.45) is 5.67. The molecule has 0 bridgehead atoms. The summed E-state index contributed by atoms with van der Waals surface area (Å²) in [4.78, 5) is 12.0. The van der Waals surface area contributed by atoms with Gasteiger partial charge in [-0.05, 0) is 18.5 Å². The predicted octanol–water partition coefficient (Wildman–Crippen LogP) is 0.548. The van der Waals surface area contributed by atoms with Crippen molar-refractivity contribution in [2.75, 3.05) is 5.73 Å². The van der Waals surface area contributed by atoms with E-state index in [0.717, 1.165) is 0 Å². The van der Waals surface area contributed by atoms with Gasteiger partial charge in [0.05, 0.1) is 12.4 Å². The number of hydrogen-bond donors (Lipinski definition) is 2. The molecule has 0 spiro atoms. The molecule has 1 saturated heterocycles. The molecule has 0 aliphatic carbocycles. The summed E-state index contributed by atoms with van der Waals surface area (Å²) in [6, 6.07) is 0. The Morgan fingerprint density at radius 3 is 3.05 bits per heavy atom. The summed E-state index contributed by atoms with van der Waals surface area (Å²) >= 11 is 5.79. The number of aromatic nitrogens is 4. The zero-order valence-electron chi connectivity index (χ0n) is 10.3. The molecule has 7 nitrogen and oxygen atoms in total. The van der Waals surface area contributed by atoms with Crippen molar-refractivity contribution >= 4 is 28.6 Å². The van der Waals surface area contributed by atoms with Gasteiger partial charge in [-0.2, -0.15) is 9.97 Å². The molecule has 103 valence electrons. The second-order valence-corrected chi connectivity index (χ2v) is 4.90. The Morgan fingerprint density at radius 1 is 1.65 bits per heavy atom. The molecule has 1 radical (unpaired) electrons. The van der Waals surface area contributed by atoms with E-state index < -0.39 is 17.9 Å². The van der Waals surface area contributed by atoms with Crippen molar-refractivity contribution < 1.29 is 9.84 Å². The van der Waals surface area contributed by atoms with Crippen LogP contribution in [0.5, 0.6) is 0 Å². The van der Waals surface area contributed by atoms with Crippen LogP contribution >= 0.6 is 11.6 Å². The Kier molecular flexibility index (Phi) is 2.83. The molecule has 2 aromatic heterocycles. The van der Waals surface area contributed by atoms with Gasteiger partial charge in [0.2, 0.25) is 5.28 Å². The van der Waals surface area contributed by atoms with Gasteiger partial charge in [-0.1, -0.05) is 5.92 Å². The number of hydrogen-bond acceptors (Lipinski definition) is 6. The lowest BCUT2D eigenvalue weighted by Gasteiger charge is -2.20. The van der Waals surface area contributed by atoms with Gasteiger partial charge in [-0.15, -0.1) is 6.42 Å². The quantitative estimate of drug-likeness (QED) is 0.588. The first-order chi connectivity index (χ1) is 9.44. The molecule has 3 atom stereocenters. The topological polar surface area (TPSA) is 99.1 Å². The van der Waals surface area contributed by atoms with E-state index in [1.54, 1.807) is 4.57 Å². The molecule has 20 heavy (non-hydrogen) atoms. The maximum atomic E-state index is 9.95. The number of terminal acetylenes is 1. The number of halogens is 1. The Bertz CT molecular complexity index is 724. The second-order valence-electron chi connectivity index (χ2n) is 4.56. The summed E-state index contributed by atoms with van der Waals surface area (Å²) in [5, 5.41) is 9.96. The standard InChI is InChI=1S/C12H11ClN5O2/c1-3-12(2)6(19)4-7(20-12)18-5-15-8-9(14)16-11(13)17-10(8)18/h1,5-7,19H,2,4H2,(H2,14,16,17)/t6-,7+,12+/m0/s1. The van der Waals surface area contributed by atoms with Gasteiger partial charge in [-0.3, -0.25) is 4.57 Å². The van der Waals surface area contributed by atoms with E-state index >= 15 is 0 Å². The van der Waals surface area contributed by atoms with Gasteiger partial charge in [0.15, 0.2) is 17.1 Å². The SMILES string of the molecule is C#C[C@@]1([CH2])O[C@@H](n2cnc3c(N)nc(Cl)nc32)C[C@@H]1O. The molecule has 0 unspecified atom stereocenters. The number of rotatable bonds is 1. The molecule has 0 amide bonds. The molecular formula is C12H11ClN5O2. The van der Waals surface area contributed by atoms with E-state index in [0.29, 0.717) is 11.2 Å². The number of nitrogens with zero attached hydrogens (tertiary/aromatic N) is 4. The lowest BCUT2D eigenvalue weighted by Crippen LogP contribution is -2.34. The minimum absolute atomic E-state index is 0.00753. The summed E-state index contributed by atoms with van der Waals surface area (Å²) in [5.74, 6) is 2.53. The smallest absolute Gasteiger partial charge is 0.226 e. The largest absolute Gasteiger partial charge is 0.389 e. The highest BCUT2D eigenvalue weighted by Crippen LogP contribution is 2.37. The van der Waals surface area contributed by atoms with Crippen molar-refractivity contribution in [2.45, 2.75) is 24.4 Å². The minimum atomic E-state index is -1.29. The van der Waals surface area contributed by atoms with Gasteiger partial charge in [0.1, 0.15) is 11.7 Å². The lowest BCUT2D eigenvalue weighted by atomic mass is 10.0. The zero-order chi connectivity index (χ0) is 14.5. The van der Waals surface area contributed by atoms with Crippen LogP contribution in [0.2, 0.25) is 5.28 Å². The van der Waals surface area contributed by atoms with E-state index in [-0.39, 0.29) is 17.5 Å². The van der Waals surface area contributed by atoms with E-state index in [9.17, 15) is 5.11 Å². The van der Waals surface area contributed by atoms with Gasteiger partial charge in [0.25, 0.3) is 0 Å². The number of anilines is 1. The maximum Gasteiger partial charge on any atom is 0.226 e. The van der Waals surface area contributed by atoms with Crippen LogP contribution in [0, 0.1) is 19.3 Å². The van der Waals surface area contributed by atoms with Gasteiger partial charge < -0.3 is 15.6 Å². The number of ether oxygens (including phenoxy) is 1. The number of nitrogens with two attached hydrogens (primary N) is 1. The molecule has 1 aliphatic heterocycles. The van der Waals surface area contributed by atoms with Crippen LogP contribution in [0.4, 0.5) is 5.82 Å².